The van der Waals surface area contributed by atoms with E-state index in [9.17, 15) is 4.79 Å². The molecule has 0 saturated heterocycles. The van der Waals surface area contributed by atoms with Gasteiger partial charge in [-0.3, -0.25) is 4.98 Å². The second-order valence-electron chi connectivity index (χ2n) is 3.85. The summed E-state index contributed by atoms with van der Waals surface area (Å²) in [4.78, 5) is 15.7. The highest BCUT2D eigenvalue weighted by molar-refractivity contribution is 9.11. The minimum Gasteiger partial charge on any atom is -0.476 e. The molecule has 0 saturated carbocycles. The van der Waals surface area contributed by atoms with Crippen molar-refractivity contribution in [1.82, 2.24) is 4.98 Å². The van der Waals surface area contributed by atoms with E-state index >= 15 is 0 Å². The van der Waals surface area contributed by atoms with E-state index in [1.807, 2.05) is 18.2 Å². The van der Waals surface area contributed by atoms with Gasteiger partial charge in [-0.1, -0.05) is 22.0 Å². The van der Waals surface area contributed by atoms with Gasteiger partial charge in [0, 0.05) is 16.1 Å². The molecule has 0 aliphatic rings. The molecule has 100 valence electrons. The summed E-state index contributed by atoms with van der Waals surface area (Å²) in [5.41, 5.74) is 0.680. The molecule has 0 fully saturated rings. The molecule has 1 aromatic carbocycles. The van der Waals surface area contributed by atoms with Crippen molar-refractivity contribution in [2.45, 2.75) is 13.0 Å². The minimum atomic E-state index is -0.701. The quantitative estimate of drug-likeness (QED) is 0.752. The maximum atomic E-state index is 11.4. The lowest BCUT2D eigenvalue weighted by Gasteiger charge is -2.15. The Morgan fingerprint density at radius 3 is 2.79 bits per heavy atom. The molecule has 1 atom stereocenters. The molecule has 19 heavy (non-hydrogen) atoms. The lowest BCUT2D eigenvalue weighted by molar-refractivity contribution is -0.147. The van der Waals surface area contributed by atoms with Crippen LogP contribution in [-0.2, 0) is 9.53 Å². The number of benzene rings is 1. The van der Waals surface area contributed by atoms with Crippen LogP contribution in [0.5, 0.6) is 5.75 Å². The summed E-state index contributed by atoms with van der Waals surface area (Å²) >= 11 is 6.89. The van der Waals surface area contributed by atoms with Crippen molar-refractivity contribution in [3.05, 3.63) is 33.3 Å². The largest absolute Gasteiger partial charge is 0.476 e. The molecular weight excluding hydrogens is 378 g/mol. The number of ether oxygens (including phenoxy) is 2. The van der Waals surface area contributed by atoms with Crippen LogP contribution in [0.15, 0.2) is 33.3 Å². The molecule has 2 aromatic rings. The first-order valence-electron chi connectivity index (χ1n) is 5.51. The predicted octanol–water partition coefficient (Wildman–Crippen LogP) is 3.70. The van der Waals surface area contributed by atoms with Crippen molar-refractivity contribution < 1.29 is 14.3 Å². The van der Waals surface area contributed by atoms with Crippen LogP contribution in [0, 0.1) is 0 Å². The molecule has 0 bridgehead atoms. The Kier molecular flexibility index (Phi) is 4.42. The van der Waals surface area contributed by atoms with E-state index in [1.54, 1.807) is 13.1 Å². The highest BCUT2D eigenvalue weighted by atomic mass is 79.9. The number of pyridine rings is 1. The number of hydrogen-bond donors (Lipinski definition) is 0. The fourth-order valence-corrected chi connectivity index (χ4v) is 3.02. The van der Waals surface area contributed by atoms with Crippen LogP contribution in [-0.4, -0.2) is 24.2 Å². The Morgan fingerprint density at radius 1 is 1.37 bits per heavy atom. The van der Waals surface area contributed by atoms with Gasteiger partial charge >= 0.3 is 5.97 Å². The van der Waals surface area contributed by atoms with Gasteiger partial charge in [0.1, 0.15) is 5.52 Å². The molecule has 0 spiro atoms. The van der Waals surface area contributed by atoms with Crippen molar-refractivity contribution in [3.63, 3.8) is 0 Å². The summed E-state index contributed by atoms with van der Waals surface area (Å²) in [5, 5.41) is 0.915. The molecule has 0 unspecified atom stereocenters. The highest BCUT2D eigenvalue weighted by Gasteiger charge is 2.19. The Bertz CT molecular complexity index is 631. The van der Waals surface area contributed by atoms with Crippen LogP contribution in [0.3, 0.4) is 0 Å². The van der Waals surface area contributed by atoms with Crippen molar-refractivity contribution in [1.29, 1.82) is 0 Å². The Morgan fingerprint density at radius 2 is 2.11 bits per heavy atom. The third-order valence-corrected chi connectivity index (χ3v) is 3.82. The van der Waals surface area contributed by atoms with E-state index in [2.05, 4.69) is 41.6 Å². The van der Waals surface area contributed by atoms with E-state index < -0.39 is 12.1 Å². The Labute approximate surface area is 127 Å². The number of carbonyl (C=O) groups excluding carboxylic acids is 1. The van der Waals surface area contributed by atoms with Gasteiger partial charge in [0.05, 0.1) is 11.6 Å². The van der Waals surface area contributed by atoms with Gasteiger partial charge in [0.15, 0.2) is 11.9 Å². The number of methoxy groups -OCH3 is 1. The van der Waals surface area contributed by atoms with Crippen molar-refractivity contribution in [2.24, 2.45) is 0 Å². The molecule has 0 radical (unpaired) electrons. The lowest BCUT2D eigenvalue weighted by Crippen LogP contribution is -2.25. The molecule has 0 aliphatic heterocycles. The SMILES string of the molecule is COC(=O)[C@H](C)Oc1c(Br)cc(Br)c2cccnc12. The maximum absolute atomic E-state index is 11.4. The number of carbonyl (C=O) groups is 1. The van der Waals surface area contributed by atoms with E-state index in [4.69, 9.17) is 4.74 Å². The normalized spacial score (nSPS) is 12.2. The Hall–Kier alpha value is -1.14. The minimum absolute atomic E-state index is 0.432. The average molecular weight is 389 g/mol. The fourth-order valence-electron chi connectivity index (χ4n) is 1.65. The maximum Gasteiger partial charge on any atom is 0.346 e. The van der Waals surface area contributed by atoms with Gasteiger partial charge in [-0.15, -0.1) is 0 Å². The summed E-state index contributed by atoms with van der Waals surface area (Å²) < 4.78 is 11.9. The molecule has 0 aliphatic carbocycles. The van der Waals surface area contributed by atoms with Gasteiger partial charge in [-0.2, -0.15) is 0 Å². The number of aromatic nitrogens is 1. The number of rotatable bonds is 3. The van der Waals surface area contributed by atoms with Crippen LogP contribution >= 0.6 is 31.9 Å². The predicted molar refractivity (Wildman–Crippen MR) is 79.2 cm³/mol. The van der Waals surface area contributed by atoms with Gasteiger partial charge in [0.25, 0.3) is 0 Å². The number of hydrogen-bond acceptors (Lipinski definition) is 4. The summed E-state index contributed by atoms with van der Waals surface area (Å²) in [6.07, 6.45) is 0.976. The molecule has 1 heterocycles. The highest BCUT2D eigenvalue weighted by Crippen LogP contribution is 2.37. The molecule has 6 heteroatoms. The van der Waals surface area contributed by atoms with Crippen LogP contribution in [0.1, 0.15) is 6.92 Å². The zero-order valence-corrected chi connectivity index (χ0v) is 13.5. The van der Waals surface area contributed by atoms with Crippen LogP contribution in [0.2, 0.25) is 0 Å². The van der Waals surface area contributed by atoms with E-state index in [0.717, 1.165) is 14.3 Å². The van der Waals surface area contributed by atoms with E-state index in [1.165, 1.54) is 7.11 Å². The Balaban J connectivity index is 2.51. The van der Waals surface area contributed by atoms with Gasteiger partial charge in [-0.05, 0) is 35.0 Å². The monoisotopic (exact) mass is 387 g/mol. The number of fused-ring (bicyclic) bond motifs is 1. The standard InChI is InChI=1S/C13H11Br2NO3/c1-7(13(17)18-2)19-12-10(15)6-9(14)8-4-3-5-16-11(8)12/h3-7H,1-2H3/t7-/m0/s1. The van der Waals surface area contributed by atoms with Crippen LogP contribution in [0.4, 0.5) is 0 Å². The van der Waals surface area contributed by atoms with Crippen molar-refractivity contribution >= 4 is 48.7 Å². The first-order valence-corrected chi connectivity index (χ1v) is 7.10. The molecule has 1 aromatic heterocycles. The zero-order chi connectivity index (χ0) is 14.0. The third-order valence-electron chi connectivity index (χ3n) is 2.58. The molecular formula is C13H11Br2NO3. The molecule has 0 amide bonds. The second kappa shape index (κ2) is 5.88. The van der Waals surface area contributed by atoms with Crippen LogP contribution < -0.4 is 4.74 Å². The van der Waals surface area contributed by atoms with Gasteiger partial charge < -0.3 is 9.47 Å². The summed E-state index contributed by atoms with van der Waals surface area (Å²) in [6.45, 7) is 1.63. The second-order valence-corrected chi connectivity index (χ2v) is 5.56. The van der Waals surface area contributed by atoms with Crippen molar-refractivity contribution in [2.75, 3.05) is 7.11 Å². The summed E-state index contributed by atoms with van der Waals surface area (Å²) in [5.74, 6) is 0.0931. The van der Waals surface area contributed by atoms with Gasteiger partial charge in [-0.25, -0.2) is 4.79 Å². The summed E-state index contributed by atoms with van der Waals surface area (Å²) in [7, 11) is 1.33. The van der Waals surface area contributed by atoms with Crippen LogP contribution in [0.25, 0.3) is 10.9 Å². The topological polar surface area (TPSA) is 48.4 Å². The fraction of sp³-hybridized carbons (Fsp3) is 0.231. The first-order chi connectivity index (χ1) is 9.04. The third kappa shape index (κ3) is 2.90. The number of halogens is 2. The first kappa shape index (κ1) is 14.3. The molecule has 4 nitrogen and oxygen atoms in total. The lowest BCUT2D eigenvalue weighted by atomic mass is 10.2. The number of nitrogens with zero attached hydrogens (tertiary/aromatic N) is 1. The van der Waals surface area contributed by atoms with Crippen molar-refractivity contribution in [3.8, 4) is 5.75 Å². The number of esters is 1. The smallest absolute Gasteiger partial charge is 0.346 e. The van der Waals surface area contributed by atoms with Gasteiger partial charge in [0.2, 0.25) is 0 Å². The van der Waals surface area contributed by atoms with E-state index in [-0.39, 0.29) is 0 Å². The van der Waals surface area contributed by atoms with E-state index in [0.29, 0.717) is 11.3 Å². The molecule has 0 N–H and O–H groups in total. The summed E-state index contributed by atoms with van der Waals surface area (Å²) in [6, 6.07) is 5.63. The molecule has 2 rings (SSSR count). The zero-order valence-electron chi connectivity index (χ0n) is 10.3. The average Bonchev–Trinajstić information content (AvgIpc) is 2.42.